The largest absolute Gasteiger partial charge is 0.343 e. The molecule has 0 radical (unpaired) electrons. The fraction of sp³-hybridized carbons (Fsp3) is 0.600. The molecule has 1 saturated carbocycles. The van der Waals surface area contributed by atoms with E-state index >= 15 is 0 Å². The molecule has 2 saturated heterocycles. The van der Waals surface area contributed by atoms with Crippen LogP contribution in [0.4, 0.5) is 5.69 Å². The topological polar surface area (TPSA) is 61.4 Å². The lowest BCUT2D eigenvalue weighted by molar-refractivity contribution is -0.129. The van der Waals surface area contributed by atoms with E-state index in [1.165, 1.54) is 19.3 Å². The molecule has 4 unspecified atom stereocenters. The monoisotopic (exact) mass is 375 g/mol. The zero-order chi connectivity index (χ0) is 18.1. The fourth-order valence-corrected chi connectivity index (χ4v) is 4.95. The number of amides is 2. The molecule has 2 heterocycles. The van der Waals surface area contributed by atoms with Crippen LogP contribution in [0.15, 0.2) is 24.3 Å². The lowest BCUT2D eigenvalue weighted by Crippen LogP contribution is -2.55. The fourth-order valence-electron chi connectivity index (χ4n) is 4.71. The predicted molar refractivity (Wildman–Crippen MR) is 102 cm³/mol. The van der Waals surface area contributed by atoms with Crippen LogP contribution < -0.4 is 15.5 Å². The molecule has 26 heavy (non-hydrogen) atoms. The number of para-hydroxylation sites is 1. The Hall–Kier alpha value is -1.59. The summed E-state index contributed by atoms with van der Waals surface area (Å²) in [7, 11) is 0. The van der Waals surface area contributed by atoms with E-state index in [2.05, 4.69) is 10.6 Å². The first-order valence-corrected chi connectivity index (χ1v) is 10.1. The maximum Gasteiger partial charge on any atom is 0.249 e. The molecule has 0 spiro atoms. The minimum absolute atomic E-state index is 0.0289. The van der Waals surface area contributed by atoms with Crippen LogP contribution in [0.5, 0.6) is 0 Å². The third-order valence-electron chi connectivity index (χ3n) is 6.08. The summed E-state index contributed by atoms with van der Waals surface area (Å²) in [6.45, 7) is 0.640. The van der Waals surface area contributed by atoms with Gasteiger partial charge in [-0.25, -0.2) is 0 Å². The highest BCUT2D eigenvalue weighted by Crippen LogP contribution is 2.33. The molecule has 4 rings (SSSR count). The molecule has 1 aliphatic carbocycles. The van der Waals surface area contributed by atoms with Gasteiger partial charge in [0.2, 0.25) is 11.8 Å². The Bertz CT molecular complexity index is 681. The number of carbonyl (C=O) groups is 2. The van der Waals surface area contributed by atoms with Crippen molar-refractivity contribution in [3.05, 3.63) is 29.3 Å². The normalized spacial score (nSPS) is 31.6. The van der Waals surface area contributed by atoms with Crippen molar-refractivity contribution in [3.63, 3.8) is 0 Å². The van der Waals surface area contributed by atoms with Crippen molar-refractivity contribution in [3.8, 4) is 0 Å². The zero-order valence-corrected chi connectivity index (χ0v) is 15.7. The second kappa shape index (κ2) is 7.57. The maximum atomic E-state index is 12.9. The minimum Gasteiger partial charge on any atom is -0.343 e. The highest BCUT2D eigenvalue weighted by atomic mass is 35.5. The van der Waals surface area contributed by atoms with Gasteiger partial charge in [-0.1, -0.05) is 36.6 Å². The first kappa shape index (κ1) is 17.8. The Kier molecular flexibility index (Phi) is 5.18. The Morgan fingerprint density at radius 2 is 1.96 bits per heavy atom. The number of hydrogen-bond acceptors (Lipinski definition) is 3. The summed E-state index contributed by atoms with van der Waals surface area (Å²) in [6, 6.07) is 7.22. The molecule has 1 aromatic carbocycles. The van der Waals surface area contributed by atoms with Crippen molar-refractivity contribution in [1.82, 2.24) is 10.6 Å². The van der Waals surface area contributed by atoms with Gasteiger partial charge in [-0.15, -0.1) is 0 Å². The number of nitrogens with zero attached hydrogens (tertiary/aromatic N) is 1. The number of hydrogen-bond donors (Lipinski definition) is 2. The summed E-state index contributed by atoms with van der Waals surface area (Å²) in [5.41, 5.74) is 0.725. The molecular weight excluding hydrogens is 350 g/mol. The van der Waals surface area contributed by atoms with E-state index in [1.807, 2.05) is 18.2 Å². The summed E-state index contributed by atoms with van der Waals surface area (Å²) < 4.78 is 0. The Balaban J connectivity index is 1.41. The summed E-state index contributed by atoms with van der Waals surface area (Å²) in [5, 5.41) is 7.06. The predicted octanol–water partition coefficient (Wildman–Crippen LogP) is 2.87. The molecule has 3 aliphatic rings. The van der Waals surface area contributed by atoms with Gasteiger partial charge in [0, 0.05) is 12.6 Å². The van der Waals surface area contributed by atoms with Gasteiger partial charge >= 0.3 is 0 Å². The smallest absolute Gasteiger partial charge is 0.249 e. The Morgan fingerprint density at radius 1 is 1.15 bits per heavy atom. The van der Waals surface area contributed by atoms with Crippen LogP contribution >= 0.6 is 11.6 Å². The number of anilines is 1. The molecule has 1 aromatic rings. The average Bonchev–Trinajstić information content (AvgIpc) is 3.08. The SMILES string of the molecule is O=C(NC1CCCN(c2ccccc2Cl)C1=O)C1CC2CCCCC2N1. The maximum absolute atomic E-state index is 12.9. The van der Waals surface area contributed by atoms with Gasteiger partial charge in [0.05, 0.1) is 16.8 Å². The Morgan fingerprint density at radius 3 is 2.77 bits per heavy atom. The quantitative estimate of drug-likeness (QED) is 0.853. The van der Waals surface area contributed by atoms with Gasteiger partial charge in [-0.2, -0.15) is 0 Å². The molecule has 2 aliphatic heterocycles. The van der Waals surface area contributed by atoms with E-state index in [9.17, 15) is 9.59 Å². The van der Waals surface area contributed by atoms with Gasteiger partial charge < -0.3 is 15.5 Å². The number of benzene rings is 1. The van der Waals surface area contributed by atoms with E-state index in [0.717, 1.165) is 24.9 Å². The molecule has 0 bridgehead atoms. The van der Waals surface area contributed by atoms with E-state index in [4.69, 9.17) is 11.6 Å². The number of rotatable bonds is 3. The van der Waals surface area contributed by atoms with E-state index < -0.39 is 6.04 Å². The molecule has 5 nitrogen and oxygen atoms in total. The van der Waals surface area contributed by atoms with Crippen molar-refractivity contribution >= 4 is 29.1 Å². The molecule has 6 heteroatoms. The molecule has 140 valence electrons. The summed E-state index contributed by atoms with van der Waals surface area (Å²) >= 11 is 6.26. The van der Waals surface area contributed by atoms with Crippen LogP contribution in [0.25, 0.3) is 0 Å². The number of nitrogens with one attached hydrogen (secondary N) is 2. The Labute approximate surface area is 159 Å². The zero-order valence-electron chi connectivity index (χ0n) is 14.9. The lowest BCUT2D eigenvalue weighted by Gasteiger charge is -2.33. The molecule has 3 fully saturated rings. The minimum atomic E-state index is -0.461. The van der Waals surface area contributed by atoms with Crippen molar-refractivity contribution in [2.24, 2.45) is 5.92 Å². The third kappa shape index (κ3) is 3.47. The van der Waals surface area contributed by atoms with Crippen LogP contribution in [0, 0.1) is 5.92 Å². The van der Waals surface area contributed by atoms with Gasteiger partial charge in [0.1, 0.15) is 6.04 Å². The highest BCUT2D eigenvalue weighted by molar-refractivity contribution is 6.33. The van der Waals surface area contributed by atoms with Crippen LogP contribution in [-0.2, 0) is 9.59 Å². The average molecular weight is 376 g/mol. The summed E-state index contributed by atoms with van der Waals surface area (Å²) in [4.78, 5) is 27.4. The number of carbonyl (C=O) groups excluding carboxylic acids is 2. The van der Waals surface area contributed by atoms with Crippen LogP contribution in [0.1, 0.15) is 44.9 Å². The lowest BCUT2D eigenvalue weighted by atomic mass is 9.85. The van der Waals surface area contributed by atoms with E-state index in [0.29, 0.717) is 29.9 Å². The second-order valence-electron chi connectivity index (χ2n) is 7.75. The van der Waals surface area contributed by atoms with Gasteiger partial charge in [0.25, 0.3) is 0 Å². The van der Waals surface area contributed by atoms with Gasteiger partial charge in [-0.3, -0.25) is 9.59 Å². The first-order valence-electron chi connectivity index (χ1n) is 9.76. The molecule has 4 atom stereocenters. The van der Waals surface area contributed by atoms with E-state index in [1.54, 1.807) is 11.0 Å². The number of piperidine rings is 1. The molecule has 0 aromatic heterocycles. The van der Waals surface area contributed by atoms with Crippen molar-refractivity contribution in [1.29, 1.82) is 0 Å². The molecular formula is C20H26ClN3O2. The van der Waals surface area contributed by atoms with Crippen LogP contribution in [0.3, 0.4) is 0 Å². The summed E-state index contributed by atoms with van der Waals surface area (Å²) in [5.74, 6) is 0.521. The van der Waals surface area contributed by atoms with E-state index in [-0.39, 0.29) is 17.9 Å². The van der Waals surface area contributed by atoms with Gasteiger partial charge in [-0.05, 0) is 50.2 Å². The van der Waals surface area contributed by atoms with Crippen molar-refractivity contribution in [2.45, 2.75) is 63.1 Å². The van der Waals surface area contributed by atoms with Crippen LogP contribution in [0.2, 0.25) is 5.02 Å². The highest BCUT2D eigenvalue weighted by Gasteiger charge is 2.40. The number of halogens is 1. The molecule has 2 amide bonds. The first-order chi connectivity index (χ1) is 12.6. The number of fused-ring (bicyclic) bond motifs is 1. The van der Waals surface area contributed by atoms with Crippen molar-refractivity contribution in [2.75, 3.05) is 11.4 Å². The third-order valence-corrected chi connectivity index (χ3v) is 6.40. The van der Waals surface area contributed by atoms with Gasteiger partial charge in [0.15, 0.2) is 0 Å². The summed E-state index contributed by atoms with van der Waals surface area (Å²) in [6.07, 6.45) is 7.32. The standard InChI is InChI=1S/C20H26ClN3O2/c21-14-7-2-4-10-18(14)24-11-5-9-16(20(24)26)23-19(25)17-12-13-6-1-3-8-15(13)22-17/h2,4,7,10,13,15-17,22H,1,3,5-6,8-9,11-12H2,(H,23,25). The second-order valence-corrected chi connectivity index (χ2v) is 8.16. The molecule has 2 N–H and O–H groups in total. The van der Waals surface area contributed by atoms with Crippen LogP contribution in [-0.4, -0.2) is 36.5 Å². The van der Waals surface area contributed by atoms with Crippen molar-refractivity contribution < 1.29 is 9.59 Å².